The number of esters is 1. The monoisotopic (exact) mass is 326 g/mol. The van der Waals surface area contributed by atoms with Crippen molar-refractivity contribution in [2.24, 2.45) is 5.92 Å². The summed E-state index contributed by atoms with van der Waals surface area (Å²) < 4.78 is 66.5. The summed E-state index contributed by atoms with van der Waals surface area (Å²) in [4.78, 5) is 11.2. The summed E-state index contributed by atoms with van der Waals surface area (Å²) in [5.74, 6) is -1.31. The van der Waals surface area contributed by atoms with E-state index in [9.17, 15) is 26.4 Å². The molecule has 1 aromatic rings. The van der Waals surface area contributed by atoms with E-state index in [0.717, 1.165) is 12.1 Å². The number of carbonyl (C=O) groups is 1. The summed E-state index contributed by atoms with van der Waals surface area (Å²) in [6.07, 6.45) is 0.305. The maximum absolute atomic E-state index is 12.1. The van der Waals surface area contributed by atoms with Crippen molar-refractivity contribution in [1.82, 2.24) is 0 Å². The molecule has 9 heteroatoms. The fourth-order valence-electron chi connectivity index (χ4n) is 1.49. The predicted octanol–water partition coefficient (Wildman–Crippen LogP) is 2.27. The van der Waals surface area contributed by atoms with Gasteiger partial charge in [-0.05, 0) is 24.1 Å². The highest BCUT2D eigenvalue weighted by Crippen LogP contribution is 2.27. The van der Waals surface area contributed by atoms with Gasteiger partial charge < -0.3 is 8.92 Å². The van der Waals surface area contributed by atoms with Crippen molar-refractivity contribution < 1.29 is 35.3 Å². The van der Waals surface area contributed by atoms with E-state index in [0.29, 0.717) is 12.0 Å². The summed E-state index contributed by atoms with van der Waals surface area (Å²) in [6.45, 7) is 1.63. The summed E-state index contributed by atoms with van der Waals surface area (Å²) in [5, 5.41) is 0. The van der Waals surface area contributed by atoms with Gasteiger partial charge in [0.2, 0.25) is 0 Å². The molecule has 1 aromatic carbocycles. The third kappa shape index (κ3) is 4.62. The van der Waals surface area contributed by atoms with Gasteiger partial charge in [-0.2, -0.15) is 21.6 Å². The zero-order valence-corrected chi connectivity index (χ0v) is 12.0. The number of benzene rings is 1. The zero-order chi connectivity index (χ0) is 16.3. The fraction of sp³-hybridized carbons (Fsp3) is 0.417. The van der Waals surface area contributed by atoms with Gasteiger partial charge in [0.1, 0.15) is 5.75 Å². The number of halogens is 3. The van der Waals surface area contributed by atoms with Gasteiger partial charge in [-0.25, -0.2) is 0 Å². The van der Waals surface area contributed by atoms with Crippen LogP contribution in [0.15, 0.2) is 24.3 Å². The molecule has 0 aliphatic carbocycles. The second-order valence-corrected chi connectivity index (χ2v) is 5.79. The Balaban J connectivity index is 2.78. The van der Waals surface area contributed by atoms with Crippen LogP contribution in [0, 0.1) is 5.92 Å². The van der Waals surface area contributed by atoms with Crippen LogP contribution in [0.2, 0.25) is 0 Å². The quantitative estimate of drug-likeness (QED) is 0.472. The normalized spacial score (nSPS) is 13.6. The maximum Gasteiger partial charge on any atom is 0.534 e. The molecule has 0 aromatic heterocycles. The number of methoxy groups -OCH3 is 1. The molecule has 1 rings (SSSR count). The van der Waals surface area contributed by atoms with Gasteiger partial charge in [-0.15, -0.1) is 0 Å². The van der Waals surface area contributed by atoms with E-state index >= 15 is 0 Å². The Labute approximate surface area is 119 Å². The van der Waals surface area contributed by atoms with Crippen LogP contribution in [-0.4, -0.2) is 27.0 Å². The van der Waals surface area contributed by atoms with Crippen LogP contribution in [0.5, 0.6) is 5.75 Å². The first-order chi connectivity index (χ1) is 9.56. The van der Waals surface area contributed by atoms with Gasteiger partial charge in [0.15, 0.2) is 0 Å². The van der Waals surface area contributed by atoms with E-state index < -0.39 is 33.3 Å². The van der Waals surface area contributed by atoms with Crippen molar-refractivity contribution in [3.8, 4) is 5.75 Å². The number of hydrogen-bond acceptors (Lipinski definition) is 5. The molecule has 21 heavy (non-hydrogen) atoms. The molecule has 0 radical (unpaired) electrons. The van der Waals surface area contributed by atoms with Crippen LogP contribution < -0.4 is 4.18 Å². The van der Waals surface area contributed by atoms with Gasteiger partial charge in [-0.3, -0.25) is 4.79 Å². The molecule has 0 fully saturated rings. The van der Waals surface area contributed by atoms with Gasteiger partial charge in [0, 0.05) is 0 Å². The van der Waals surface area contributed by atoms with Crippen molar-refractivity contribution in [3.63, 3.8) is 0 Å². The van der Waals surface area contributed by atoms with Gasteiger partial charge in [0.05, 0.1) is 13.0 Å². The Hall–Kier alpha value is -1.77. The van der Waals surface area contributed by atoms with Crippen LogP contribution in [0.4, 0.5) is 13.2 Å². The average molecular weight is 326 g/mol. The number of rotatable bonds is 5. The lowest BCUT2D eigenvalue weighted by Crippen LogP contribution is -2.28. The minimum absolute atomic E-state index is 0.305. The minimum atomic E-state index is -5.68. The molecule has 0 N–H and O–H groups in total. The highest BCUT2D eigenvalue weighted by molar-refractivity contribution is 7.87. The van der Waals surface area contributed by atoms with Crippen LogP contribution in [-0.2, 0) is 26.1 Å². The molecule has 0 unspecified atom stereocenters. The standard InChI is InChI=1S/C12H13F3O5S/c1-8(11(16)19-2)7-9-3-5-10(6-4-9)20-21(17,18)12(13,14)15/h3-6,8H,7H2,1-2H3/t8-/m0/s1. The van der Waals surface area contributed by atoms with Crippen molar-refractivity contribution in [3.05, 3.63) is 29.8 Å². The van der Waals surface area contributed by atoms with Crippen LogP contribution in [0.3, 0.4) is 0 Å². The molecular weight excluding hydrogens is 313 g/mol. The van der Waals surface area contributed by atoms with Gasteiger partial charge >= 0.3 is 21.6 Å². The number of hydrogen-bond donors (Lipinski definition) is 0. The van der Waals surface area contributed by atoms with Crippen LogP contribution in [0.1, 0.15) is 12.5 Å². The first-order valence-corrected chi connectivity index (χ1v) is 7.15. The highest BCUT2D eigenvalue weighted by Gasteiger charge is 2.48. The summed E-state index contributed by atoms with van der Waals surface area (Å²) in [7, 11) is -4.43. The van der Waals surface area contributed by atoms with Crippen LogP contribution >= 0.6 is 0 Å². The molecule has 0 heterocycles. The van der Waals surface area contributed by atoms with E-state index in [2.05, 4.69) is 8.92 Å². The van der Waals surface area contributed by atoms with E-state index in [1.165, 1.54) is 19.2 Å². The molecule has 1 atom stereocenters. The SMILES string of the molecule is COC(=O)[C@@H](C)Cc1ccc(OS(=O)(=O)C(F)(F)F)cc1. The first-order valence-electron chi connectivity index (χ1n) is 5.74. The Morgan fingerprint density at radius 3 is 2.19 bits per heavy atom. The Morgan fingerprint density at radius 2 is 1.76 bits per heavy atom. The molecule has 5 nitrogen and oxygen atoms in total. The number of ether oxygens (including phenoxy) is 1. The molecule has 0 spiro atoms. The van der Waals surface area contributed by atoms with Gasteiger partial charge in [0.25, 0.3) is 0 Å². The summed E-state index contributed by atoms with van der Waals surface area (Å²) in [5.41, 5.74) is -4.85. The van der Waals surface area contributed by atoms with E-state index in [1.807, 2.05) is 0 Å². The third-order valence-corrected chi connectivity index (χ3v) is 3.54. The average Bonchev–Trinajstić information content (AvgIpc) is 2.38. The maximum atomic E-state index is 12.1. The second kappa shape index (κ2) is 6.33. The number of alkyl halides is 3. The Bertz CT molecular complexity index is 592. The van der Waals surface area contributed by atoms with Crippen molar-refractivity contribution in [2.45, 2.75) is 18.9 Å². The first kappa shape index (κ1) is 17.3. The van der Waals surface area contributed by atoms with E-state index in [1.54, 1.807) is 6.92 Å². The lowest BCUT2D eigenvalue weighted by molar-refractivity contribution is -0.144. The molecule has 0 aliphatic heterocycles. The second-order valence-electron chi connectivity index (χ2n) is 4.26. The van der Waals surface area contributed by atoms with E-state index in [-0.39, 0.29) is 0 Å². The molecular formula is C12H13F3O5S. The van der Waals surface area contributed by atoms with Crippen molar-refractivity contribution in [1.29, 1.82) is 0 Å². The smallest absolute Gasteiger partial charge is 0.469 e. The summed E-state index contributed by atoms with van der Waals surface area (Å²) in [6, 6.07) is 4.92. The predicted molar refractivity (Wildman–Crippen MR) is 66.9 cm³/mol. The lowest BCUT2D eigenvalue weighted by Gasteiger charge is -2.11. The molecule has 0 saturated heterocycles. The molecule has 0 amide bonds. The van der Waals surface area contributed by atoms with E-state index in [4.69, 9.17) is 0 Å². The molecule has 0 saturated carbocycles. The number of carbonyl (C=O) groups excluding carboxylic acids is 1. The Morgan fingerprint density at radius 1 is 1.24 bits per heavy atom. The molecule has 0 bridgehead atoms. The largest absolute Gasteiger partial charge is 0.534 e. The zero-order valence-electron chi connectivity index (χ0n) is 11.2. The fourth-order valence-corrected chi connectivity index (χ4v) is 1.95. The van der Waals surface area contributed by atoms with Crippen molar-refractivity contribution >= 4 is 16.1 Å². The topological polar surface area (TPSA) is 69.7 Å². The Kier molecular flexibility index (Phi) is 5.21. The minimum Gasteiger partial charge on any atom is -0.469 e. The van der Waals surface area contributed by atoms with Crippen molar-refractivity contribution in [2.75, 3.05) is 7.11 Å². The molecule has 118 valence electrons. The summed E-state index contributed by atoms with van der Waals surface area (Å²) >= 11 is 0. The van der Waals surface area contributed by atoms with Gasteiger partial charge in [-0.1, -0.05) is 19.1 Å². The third-order valence-electron chi connectivity index (χ3n) is 2.56. The highest BCUT2D eigenvalue weighted by atomic mass is 32.2. The molecule has 0 aliphatic rings. The lowest BCUT2D eigenvalue weighted by atomic mass is 10.0. The van der Waals surface area contributed by atoms with Crippen LogP contribution in [0.25, 0.3) is 0 Å².